The van der Waals surface area contributed by atoms with Gasteiger partial charge in [-0.2, -0.15) is 0 Å². The fraction of sp³-hybridized carbons (Fsp3) is 0.571. The van der Waals surface area contributed by atoms with Crippen LogP contribution < -0.4 is 5.32 Å². The van der Waals surface area contributed by atoms with Crippen LogP contribution >= 0.6 is 11.8 Å². The largest absolute Gasteiger partial charge is 0.465 e. The van der Waals surface area contributed by atoms with Gasteiger partial charge in [-0.15, -0.1) is 0 Å². The summed E-state index contributed by atoms with van der Waals surface area (Å²) in [4.78, 5) is 30.3. The van der Waals surface area contributed by atoms with Gasteiger partial charge in [0.2, 0.25) is 5.91 Å². The van der Waals surface area contributed by atoms with E-state index >= 15 is 0 Å². The van der Waals surface area contributed by atoms with Crippen molar-refractivity contribution in [2.75, 3.05) is 20.4 Å². The average molecular weight is 486 g/mol. The highest BCUT2D eigenvalue weighted by atomic mass is 32.2. The number of carbonyl (C=O) groups excluding carboxylic acids is 1. The molecule has 7 nitrogen and oxygen atoms in total. The Morgan fingerprint density at radius 2 is 2.06 bits per heavy atom. The Morgan fingerprint density at radius 1 is 1.38 bits per heavy atom. The molecule has 32 heavy (non-hydrogen) atoms. The molecular formula is C21H29F2N3O4SSi. The first-order valence-corrected chi connectivity index (χ1v) is 14.9. The fourth-order valence-electron chi connectivity index (χ4n) is 3.97. The third-order valence-corrected chi connectivity index (χ3v) is 9.18. The summed E-state index contributed by atoms with van der Waals surface area (Å²) < 4.78 is 33.4. The SMILES string of the molecule is CNC(=O)[C@]12C[C@H]1[C@@](C)(c1cccc(F)c1F)N=C(N(COCC[Si](C)(C)C)C(=O)O)S2. The zero-order valence-corrected chi connectivity index (χ0v) is 20.7. The molecule has 1 fully saturated rings. The Kier molecular flexibility index (Phi) is 6.74. The molecule has 1 aromatic rings. The number of hydrogen-bond acceptors (Lipinski definition) is 5. The number of benzene rings is 1. The van der Waals surface area contributed by atoms with Crippen molar-refractivity contribution in [1.29, 1.82) is 0 Å². The molecule has 0 spiro atoms. The molecule has 1 aliphatic heterocycles. The van der Waals surface area contributed by atoms with Gasteiger partial charge in [0.15, 0.2) is 16.8 Å². The Hall–Kier alpha value is -1.98. The molecule has 0 bridgehead atoms. The summed E-state index contributed by atoms with van der Waals surface area (Å²) >= 11 is 1.04. The first-order valence-electron chi connectivity index (χ1n) is 10.4. The van der Waals surface area contributed by atoms with Gasteiger partial charge >= 0.3 is 6.09 Å². The maximum absolute atomic E-state index is 14.8. The highest BCUT2D eigenvalue weighted by Crippen LogP contribution is 2.66. The summed E-state index contributed by atoms with van der Waals surface area (Å²) in [5.41, 5.74) is -1.32. The highest BCUT2D eigenvalue weighted by molar-refractivity contribution is 8.16. The van der Waals surface area contributed by atoms with Crippen LogP contribution in [0, 0.1) is 17.6 Å². The minimum absolute atomic E-state index is 0.00364. The molecule has 1 aliphatic carbocycles. The molecule has 0 saturated heterocycles. The number of ether oxygens (including phenoxy) is 1. The topological polar surface area (TPSA) is 91.2 Å². The average Bonchev–Trinajstić information content (AvgIpc) is 3.45. The van der Waals surface area contributed by atoms with Crippen LogP contribution in [0.5, 0.6) is 0 Å². The summed E-state index contributed by atoms with van der Waals surface area (Å²) in [5, 5.41) is 12.5. The standard InChI is InChI=1S/C21H29F2N3O4SSi/c1-20(13-7-6-8-14(22)16(13)23)15-11-21(15,17(27)24-2)31-18(25-20)26(19(28)29)12-30-9-10-32(3,4)5/h6-8,15H,9-12H2,1-5H3,(H,24,27)(H,28,29)/t15-,20+,21-/m0/s1. The van der Waals surface area contributed by atoms with E-state index in [1.165, 1.54) is 19.2 Å². The number of hydrogen-bond donors (Lipinski definition) is 2. The first kappa shape index (κ1) is 24.7. The van der Waals surface area contributed by atoms with Gasteiger partial charge in [0.1, 0.15) is 11.5 Å². The van der Waals surface area contributed by atoms with Crippen LogP contribution in [-0.4, -0.2) is 60.4 Å². The van der Waals surface area contributed by atoms with E-state index in [-0.39, 0.29) is 23.4 Å². The zero-order chi connectivity index (χ0) is 23.9. The fourth-order valence-corrected chi connectivity index (χ4v) is 6.34. The number of fused-ring (bicyclic) bond motifs is 1. The molecule has 0 unspecified atom stereocenters. The van der Waals surface area contributed by atoms with Crippen molar-refractivity contribution in [1.82, 2.24) is 10.2 Å². The number of rotatable bonds is 7. The molecule has 2 N–H and O–H groups in total. The number of halogens is 2. The molecule has 11 heteroatoms. The molecule has 1 saturated carbocycles. The Balaban J connectivity index is 1.98. The molecule has 3 rings (SSSR count). The third kappa shape index (κ3) is 4.55. The van der Waals surface area contributed by atoms with Gasteiger partial charge in [-0.25, -0.2) is 18.5 Å². The Morgan fingerprint density at radius 3 is 2.66 bits per heavy atom. The Bertz CT molecular complexity index is 957. The van der Waals surface area contributed by atoms with Crippen LogP contribution in [0.3, 0.4) is 0 Å². The maximum atomic E-state index is 14.8. The number of nitrogens with one attached hydrogen (secondary N) is 1. The van der Waals surface area contributed by atoms with Gasteiger partial charge in [-0.1, -0.05) is 43.5 Å². The number of amides is 2. The number of thioether (sulfide) groups is 1. The normalized spacial score (nSPS) is 26.7. The number of amidine groups is 1. The van der Waals surface area contributed by atoms with Crippen LogP contribution in [0.4, 0.5) is 13.6 Å². The molecule has 0 aromatic heterocycles. The van der Waals surface area contributed by atoms with E-state index in [4.69, 9.17) is 4.74 Å². The highest BCUT2D eigenvalue weighted by Gasteiger charge is 2.71. The van der Waals surface area contributed by atoms with Crippen LogP contribution in [0.15, 0.2) is 23.2 Å². The molecular weight excluding hydrogens is 456 g/mol. The molecule has 1 aromatic carbocycles. The van der Waals surface area contributed by atoms with Gasteiger partial charge in [0.05, 0.1) is 5.54 Å². The lowest BCUT2D eigenvalue weighted by molar-refractivity contribution is -0.121. The number of carbonyl (C=O) groups is 2. The zero-order valence-electron chi connectivity index (χ0n) is 18.9. The van der Waals surface area contributed by atoms with E-state index < -0.39 is 42.0 Å². The number of aliphatic imine (C=N–C) groups is 1. The van der Waals surface area contributed by atoms with Gasteiger partial charge in [-0.05, 0) is 25.5 Å². The maximum Gasteiger partial charge on any atom is 0.415 e. The second-order valence-corrected chi connectivity index (χ2v) is 16.4. The summed E-state index contributed by atoms with van der Waals surface area (Å²) in [5.74, 6) is -2.78. The van der Waals surface area contributed by atoms with E-state index in [2.05, 4.69) is 30.0 Å². The monoisotopic (exact) mass is 485 g/mol. The first-order chi connectivity index (χ1) is 14.9. The quantitative estimate of drug-likeness (QED) is 0.345. The van der Waals surface area contributed by atoms with Crippen molar-refractivity contribution in [3.8, 4) is 0 Å². The number of carboxylic acid groups (broad SMARTS) is 1. The van der Waals surface area contributed by atoms with Crippen molar-refractivity contribution >= 4 is 37.0 Å². The molecule has 2 aliphatic rings. The van der Waals surface area contributed by atoms with Crippen molar-refractivity contribution in [2.45, 2.75) is 49.3 Å². The van der Waals surface area contributed by atoms with E-state index in [1.807, 2.05) is 0 Å². The lowest BCUT2D eigenvalue weighted by Crippen LogP contribution is -2.47. The summed E-state index contributed by atoms with van der Waals surface area (Å²) in [7, 11) is 0.126. The van der Waals surface area contributed by atoms with Crippen molar-refractivity contribution in [3.05, 3.63) is 35.4 Å². The van der Waals surface area contributed by atoms with E-state index in [0.717, 1.165) is 28.8 Å². The van der Waals surface area contributed by atoms with Crippen molar-refractivity contribution in [3.63, 3.8) is 0 Å². The summed E-state index contributed by atoms with van der Waals surface area (Å²) in [6, 6.07) is 4.68. The molecule has 3 atom stereocenters. The third-order valence-electron chi connectivity index (χ3n) is 5.98. The predicted molar refractivity (Wildman–Crippen MR) is 122 cm³/mol. The summed E-state index contributed by atoms with van der Waals surface area (Å²) in [6.45, 7) is 8.31. The van der Waals surface area contributed by atoms with Crippen molar-refractivity contribution < 1.29 is 28.2 Å². The minimum atomic E-state index is -1.37. The lowest BCUT2D eigenvalue weighted by Gasteiger charge is -2.36. The van der Waals surface area contributed by atoms with E-state index in [0.29, 0.717) is 13.0 Å². The molecule has 1 heterocycles. The second-order valence-electron chi connectivity index (χ2n) is 9.53. The lowest BCUT2D eigenvalue weighted by atomic mass is 9.85. The molecule has 2 amide bonds. The van der Waals surface area contributed by atoms with Gasteiger partial charge in [-0.3, -0.25) is 9.79 Å². The van der Waals surface area contributed by atoms with Crippen LogP contribution in [-0.2, 0) is 15.1 Å². The predicted octanol–water partition coefficient (Wildman–Crippen LogP) is 4.08. The van der Waals surface area contributed by atoms with Crippen LogP contribution in [0.2, 0.25) is 25.7 Å². The van der Waals surface area contributed by atoms with E-state index in [1.54, 1.807) is 6.92 Å². The summed E-state index contributed by atoms with van der Waals surface area (Å²) in [6.07, 6.45) is -0.932. The van der Waals surface area contributed by atoms with Crippen molar-refractivity contribution in [2.24, 2.45) is 10.9 Å². The van der Waals surface area contributed by atoms with Crippen LogP contribution in [0.25, 0.3) is 0 Å². The van der Waals surface area contributed by atoms with Gasteiger partial charge in [0, 0.05) is 33.2 Å². The van der Waals surface area contributed by atoms with E-state index in [9.17, 15) is 23.5 Å². The Labute approximate surface area is 191 Å². The molecule has 176 valence electrons. The smallest absolute Gasteiger partial charge is 0.415 e. The second kappa shape index (κ2) is 8.75. The molecule has 0 radical (unpaired) electrons. The number of nitrogens with zero attached hydrogens (tertiary/aromatic N) is 2. The van der Waals surface area contributed by atoms with Gasteiger partial charge in [0.25, 0.3) is 0 Å². The van der Waals surface area contributed by atoms with Gasteiger partial charge < -0.3 is 15.2 Å². The van der Waals surface area contributed by atoms with Crippen LogP contribution in [0.1, 0.15) is 18.9 Å². The minimum Gasteiger partial charge on any atom is -0.465 e.